The Kier molecular flexibility index (Phi) is 6.09. The number of carboxylic acids is 1. The first kappa shape index (κ1) is 15.4. The Morgan fingerprint density at radius 3 is 2.78 bits per heavy atom. The first-order valence-corrected chi connectivity index (χ1v) is 7.15. The average molecular weight is 257 g/mol. The molecule has 1 aliphatic carbocycles. The molecule has 3 unspecified atom stereocenters. The number of hydrogen-bond acceptors (Lipinski definition) is 3. The standard InChI is InChI=1S/C14H27NO3/c1-3-4-5-6-7-11(2)18-12-8-9-14(15,10-12)13(16)17/h11-12H,3-10,15H2,1-2H3,(H,16,17). The number of carbonyl (C=O) groups is 1. The van der Waals surface area contributed by atoms with Crippen LogP contribution in [0.3, 0.4) is 0 Å². The van der Waals surface area contributed by atoms with Gasteiger partial charge in [0.15, 0.2) is 0 Å². The molecule has 1 rings (SSSR count). The molecule has 106 valence electrons. The Morgan fingerprint density at radius 2 is 2.22 bits per heavy atom. The van der Waals surface area contributed by atoms with E-state index in [0.717, 1.165) is 12.8 Å². The summed E-state index contributed by atoms with van der Waals surface area (Å²) in [4.78, 5) is 11.0. The molecule has 0 saturated heterocycles. The van der Waals surface area contributed by atoms with Crippen LogP contribution in [0.2, 0.25) is 0 Å². The highest BCUT2D eigenvalue weighted by Gasteiger charge is 2.42. The van der Waals surface area contributed by atoms with Crippen LogP contribution in [-0.4, -0.2) is 28.8 Å². The first-order chi connectivity index (χ1) is 8.48. The summed E-state index contributed by atoms with van der Waals surface area (Å²) >= 11 is 0. The maximum Gasteiger partial charge on any atom is 0.323 e. The minimum Gasteiger partial charge on any atom is -0.480 e. The summed E-state index contributed by atoms with van der Waals surface area (Å²) < 4.78 is 5.89. The highest BCUT2D eigenvalue weighted by Crippen LogP contribution is 2.31. The topological polar surface area (TPSA) is 72.5 Å². The lowest BCUT2D eigenvalue weighted by molar-refractivity contribution is -0.143. The molecule has 18 heavy (non-hydrogen) atoms. The van der Waals surface area contributed by atoms with Crippen molar-refractivity contribution in [3.05, 3.63) is 0 Å². The fourth-order valence-electron chi connectivity index (χ4n) is 2.59. The van der Waals surface area contributed by atoms with Gasteiger partial charge in [-0.15, -0.1) is 0 Å². The highest BCUT2D eigenvalue weighted by atomic mass is 16.5. The van der Waals surface area contributed by atoms with Gasteiger partial charge < -0.3 is 15.6 Å². The van der Waals surface area contributed by atoms with E-state index in [1.165, 1.54) is 25.7 Å². The van der Waals surface area contributed by atoms with Crippen LogP contribution in [0.25, 0.3) is 0 Å². The van der Waals surface area contributed by atoms with Crippen LogP contribution in [0.4, 0.5) is 0 Å². The summed E-state index contributed by atoms with van der Waals surface area (Å²) in [5.74, 6) is -0.899. The van der Waals surface area contributed by atoms with Crippen molar-refractivity contribution >= 4 is 5.97 Å². The molecule has 0 aromatic carbocycles. The Bertz CT molecular complexity index is 270. The van der Waals surface area contributed by atoms with Gasteiger partial charge in [0.25, 0.3) is 0 Å². The quantitative estimate of drug-likeness (QED) is 0.656. The molecule has 0 radical (unpaired) electrons. The van der Waals surface area contributed by atoms with Crippen molar-refractivity contribution in [2.45, 2.75) is 83.0 Å². The van der Waals surface area contributed by atoms with E-state index in [4.69, 9.17) is 15.6 Å². The molecule has 1 fully saturated rings. The Hall–Kier alpha value is -0.610. The van der Waals surface area contributed by atoms with Crippen molar-refractivity contribution in [2.24, 2.45) is 5.73 Å². The summed E-state index contributed by atoms with van der Waals surface area (Å²) in [5.41, 5.74) is 4.77. The second-order valence-electron chi connectivity index (χ2n) is 5.62. The van der Waals surface area contributed by atoms with Crippen molar-refractivity contribution in [3.63, 3.8) is 0 Å². The van der Waals surface area contributed by atoms with Crippen LogP contribution in [0.15, 0.2) is 0 Å². The van der Waals surface area contributed by atoms with Gasteiger partial charge in [-0.05, 0) is 26.2 Å². The Balaban J connectivity index is 2.22. The van der Waals surface area contributed by atoms with Gasteiger partial charge in [0.2, 0.25) is 0 Å². The van der Waals surface area contributed by atoms with Gasteiger partial charge in [-0.3, -0.25) is 4.79 Å². The number of ether oxygens (including phenoxy) is 1. The molecular formula is C14H27NO3. The lowest BCUT2D eigenvalue weighted by atomic mass is 10.00. The number of nitrogens with two attached hydrogens (primary N) is 1. The molecule has 0 amide bonds. The summed E-state index contributed by atoms with van der Waals surface area (Å²) in [7, 11) is 0. The van der Waals surface area contributed by atoms with Gasteiger partial charge in [0.05, 0.1) is 12.2 Å². The normalized spacial score (nSPS) is 29.4. The van der Waals surface area contributed by atoms with E-state index in [2.05, 4.69) is 13.8 Å². The molecule has 0 spiro atoms. The maximum absolute atomic E-state index is 11.0. The van der Waals surface area contributed by atoms with Crippen LogP contribution >= 0.6 is 0 Å². The molecule has 4 heteroatoms. The molecule has 3 N–H and O–H groups in total. The second-order valence-corrected chi connectivity index (χ2v) is 5.62. The molecule has 0 aromatic heterocycles. The number of unbranched alkanes of at least 4 members (excludes halogenated alkanes) is 3. The number of aliphatic carboxylic acids is 1. The monoisotopic (exact) mass is 257 g/mol. The van der Waals surface area contributed by atoms with Gasteiger partial charge in [-0.25, -0.2) is 0 Å². The van der Waals surface area contributed by atoms with Crippen molar-refractivity contribution < 1.29 is 14.6 Å². The van der Waals surface area contributed by atoms with Gasteiger partial charge in [0.1, 0.15) is 5.54 Å². The molecule has 4 nitrogen and oxygen atoms in total. The van der Waals surface area contributed by atoms with Crippen LogP contribution in [0, 0.1) is 0 Å². The van der Waals surface area contributed by atoms with Gasteiger partial charge in [-0.1, -0.05) is 32.6 Å². The van der Waals surface area contributed by atoms with E-state index in [1.54, 1.807) is 0 Å². The van der Waals surface area contributed by atoms with Crippen molar-refractivity contribution in [1.29, 1.82) is 0 Å². The van der Waals surface area contributed by atoms with E-state index < -0.39 is 11.5 Å². The van der Waals surface area contributed by atoms with E-state index in [1.807, 2.05) is 0 Å². The summed E-state index contributed by atoms with van der Waals surface area (Å²) in [6.45, 7) is 4.27. The van der Waals surface area contributed by atoms with Crippen LogP contribution in [0.5, 0.6) is 0 Å². The molecule has 1 saturated carbocycles. The lowest BCUT2D eigenvalue weighted by Gasteiger charge is -2.21. The zero-order chi connectivity index (χ0) is 13.6. The van der Waals surface area contributed by atoms with Crippen molar-refractivity contribution in [1.82, 2.24) is 0 Å². The van der Waals surface area contributed by atoms with Crippen LogP contribution < -0.4 is 5.73 Å². The van der Waals surface area contributed by atoms with E-state index in [0.29, 0.717) is 12.8 Å². The smallest absolute Gasteiger partial charge is 0.323 e. The fourth-order valence-corrected chi connectivity index (χ4v) is 2.59. The van der Waals surface area contributed by atoms with E-state index in [-0.39, 0.29) is 12.2 Å². The number of carboxylic acid groups (broad SMARTS) is 1. The third-order valence-electron chi connectivity index (χ3n) is 3.82. The zero-order valence-electron chi connectivity index (χ0n) is 11.7. The number of rotatable bonds is 8. The summed E-state index contributed by atoms with van der Waals surface area (Å²) in [6.07, 6.45) is 7.99. The SMILES string of the molecule is CCCCCCC(C)OC1CCC(N)(C(=O)O)C1. The van der Waals surface area contributed by atoms with Gasteiger partial charge in [0, 0.05) is 6.42 Å². The largest absolute Gasteiger partial charge is 0.480 e. The summed E-state index contributed by atoms with van der Waals surface area (Å²) in [6, 6.07) is 0. The Labute approximate surface area is 110 Å². The number of hydrogen-bond donors (Lipinski definition) is 2. The predicted octanol–water partition coefficient (Wildman–Crippen LogP) is 2.70. The van der Waals surface area contributed by atoms with Gasteiger partial charge >= 0.3 is 5.97 Å². The molecule has 3 atom stereocenters. The molecule has 0 bridgehead atoms. The van der Waals surface area contributed by atoms with E-state index in [9.17, 15) is 4.79 Å². The van der Waals surface area contributed by atoms with Crippen LogP contribution in [-0.2, 0) is 9.53 Å². The van der Waals surface area contributed by atoms with Gasteiger partial charge in [-0.2, -0.15) is 0 Å². The second kappa shape index (κ2) is 7.10. The first-order valence-electron chi connectivity index (χ1n) is 7.15. The summed E-state index contributed by atoms with van der Waals surface area (Å²) in [5, 5.41) is 9.04. The van der Waals surface area contributed by atoms with E-state index >= 15 is 0 Å². The predicted molar refractivity (Wildman–Crippen MR) is 71.5 cm³/mol. The molecule has 0 aromatic rings. The molecule has 1 aliphatic rings. The molecular weight excluding hydrogens is 230 g/mol. The maximum atomic E-state index is 11.0. The Morgan fingerprint density at radius 1 is 1.50 bits per heavy atom. The van der Waals surface area contributed by atoms with Crippen molar-refractivity contribution in [3.8, 4) is 0 Å². The third kappa shape index (κ3) is 4.58. The lowest BCUT2D eigenvalue weighted by Crippen LogP contribution is -2.46. The highest BCUT2D eigenvalue weighted by molar-refractivity contribution is 5.78. The minimum absolute atomic E-state index is 0.0206. The fraction of sp³-hybridized carbons (Fsp3) is 0.929. The minimum atomic E-state index is -1.06. The average Bonchev–Trinajstić information content (AvgIpc) is 2.68. The third-order valence-corrected chi connectivity index (χ3v) is 3.82. The molecule has 0 heterocycles. The molecule has 0 aliphatic heterocycles. The van der Waals surface area contributed by atoms with Crippen LogP contribution in [0.1, 0.15) is 65.2 Å². The van der Waals surface area contributed by atoms with Crippen molar-refractivity contribution in [2.75, 3.05) is 0 Å². The zero-order valence-corrected chi connectivity index (χ0v) is 11.7.